The van der Waals surface area contributed by atoms with E-state index in [1.54, 1.807) is 0 Å². The Morgan fingerprint density at radius 1 is 2.00 bits per heavy atom. The van der Waals surface area contributed by atoms with Gasteiger partial charge in [-0.15, -0.1) is 0 Å². The third-order valence-electron chi connectivity index (χ3n) is 0.271. The summed E-state index contributed by atoms with van der Waals surface area (Å²) in [6.45, 7) is 2.05. The van der Waals surface area contributed by atoms with Crippen LogP contribution in [0.15, 0.2) is 0 Å². The molecule has 0 aromatic rings. The quantitative estimate of drug-likeness (QED) is 0.412. The third kappa shape index (κ3) is 4.87. The summed E-state index contributed by atoms with van der Waals surface area (Å²) >= 11 is 8.69. The standard InChI is InChI=1S/C2H5PS2/c1-2-3(4)5/h2H2,1H3/p+1. The second-order valence-corrected chi connectivity index (χ2v) is 5.59. The maximum atomic E-state index is 4.71. The highest BCUT2D eigenvalue weighted by atomic mass is 32.9. The first kappa shape index (κ1) is 5.87. The van der Waals surface area contributed by atoms with Crippen molar-refractivity contribution in [3.63, 3.8) is 0 Å². The largest absolute Gasteiger partial charge is 0.241 e. The highest BCUT2D eigenvalue weighted by Crippen LogP contribution is 2.23. The smallest absolute Gasteiger partial charge is 0.0221 e. The van der Waals surface area contributed by atoms with E-state index in [1.165, 1.54) is 0 Å². The Kier molecular flexibility index (Phi) is 3.61. The van der Waals surface area contributed by atoms with Gasteiger partial charge < -0.3 is 0 Å². The van der Waals surface area contributed by atoms with Gasteiger partial charge in [-0.2, -0.15) is 0 Å². The van der Waals surface area contributed by atoms with Crippen LogP contribution in [0.3, 0.4) is 0 Å². The van der Waals surface area contributed by atoms with E-state index in [-0.39, 0.29) is 5.90 Å². The summed E-state index contributed by atoms with van der Waals surface area (Å²) in [5.41, 5.74) is 0. The molecule has 0 rings (SSSR count). The molecule has 3 heteroatoms. The van der Waals surface area contributed by atoms with Gasteiger partial charge in [0.2, 0.25) is 5.90 Å². The second kappa shape index (κ2) is 3.08. The molecule has 1 unspecified atom stereocenters. The van der Waals surface area contributed by atoms with Crippen LogP contribution >= 0.6 is 18.1 Å². The van der Waals surface area contributed by atoms with Gasteiger partial charge >= 0.3 is 0 Å². The zero-order valence-electron chi connectivity index (χ0n) is 3.01. The monoisotopic (exact) mass is 125 g/mol. The Balaban J connectivity index is 2.85. The zero-order valence-corrected chi connectivity index (χ0v) is 5.62. The van der Waals surface area contributed by atoms with Crippen molar-refractivity contribution in [2.45, 2.75) is 6.92 Å². The molecule has 0 aliphatic carbocycles. The minimum absolute atomic E-state index is 0.320. The van der Waals surface area contributed by atoms with Gasteiger partial charge in [-0.3, -0.25) is 0 Å². The molecule has 0 aliphatic rings. The Hall–Kier alpha value is 0.870. The Labute approximate surface area is 43.5 Å². The lowest BCUT2D eigenvalue weighted by Gasteiger charge is -1.58. The Morgan fingerprint density at radius 2 is 2.20 bits per heavy atom. The molecule has 0 spiro atoms. The molecule has 5 heavy (non-hydrogen) atoms. The summed E-state index contributed by atoms with van der Waals surface area (Å²) in [7, 11) is 0. The summed E-state index contributed by atoms with van der Waals surface area (Å²) in [6.07, 6.45) is 1.05. The van der Waals surface area contributed by atoms with Crippen LogP contribution < -0.4 is 0 Å². The molecule has 0 aliphatic heterocycles. The molecule has 0 aromatic carbocycles. The fraction of sp³-hybridized carbons (Fsp3) is 1.00. The molecule has 0 nitrogen and oxygen atoms in total. The highest BCUT2D eigenvalue weighted by molar-refractivity contribution is 8.56. The molecule has 0 heterocycles. The molecule has 0 saturated heterocycles. The normalized spacial score (nSPS) is 11.2. The lowest BCUT2D eigenvalue weighted by molar-refractivity contribution is 1.53. The predicted molar refractivity (Wildman–Crippen MR) is 33.8 cm³/mol. The SMILES string of the molecule is CC[P+](=S)S. The van der Waals surface area contributed by atoms with E-state index in [4.69, 9.17) is 11.8 Å². The zero-order chi connectivity index (χ0) is 4.28. The first-order valence-corrected chi connectivity index (χ1v) is 5.10. The van der Waals surface area contributed by atoms with E-state index in [9.17, 15) is 0 Å². The van der Waals surface area contributed by atoms with Crippen LogP contribution in [-0.2, 0) is 11.8 Å². The molecular weight excluding hydrogens is 119 g/mol. The molecular formula is C2H6PS2+. The molecule has 0 aromatic heterocycles. The van der Waals surface area contributed by atoms with Crippen LogP contribution in [0, 0.1) is 0 Å². The van der Waals surface area contributed by atoms with E-state index >= 15 is 0 Å². The molecule has 0 bridgehead atoms. The van der Waals surface area contributed by atoms with Gasteiger partial charge in [0.1, 0.15) is 6.16 Å². The van der Waals surface area contributed by atoms with E-state index in [0.29, 0.717) is 0 Å². The molecule has 0 saturated carbocycles. The van der Waals surface area contributed by atoms with E-state index < -0.39 is 0 Å². The molecule has 0 amide bonds. The minimum atomic E-state index is -0.320. The summed E-state index contributed by atoms with van der Waals surface area (Å²) in [6, 6.07) is 0. The first-order valence-electron chi connectivity index (χ1n) is 1.41. The van der Waals surface area contributed by atoms with Gasteiger partial charge in [0.25, 0.3) is 0 Å². The average molecular weight is 125 g/mol. The maximum Gasteiger partial charge on any atom is 0.241 e. The lowest BCUT2D eigenvalue weighted by Crippen LogP contribution is -1.48. The number of hydrogen-bond acceptors (Lipinski definition) is 1. The number of hydrogen-bond donors (Lipinski definition) is 1. The van der Waals surface area contributed by atoms with Gasteiger partial charge in [0, 0.05) is 0 Å². The van der Waals surface area contributed by atoms with Gasteiger partial charge in [0.15, 0.2) is 11.8 Å². The molecule has 0 N–H and O–H groups in total. The highest BCUT2D eigenvalue weighted by Gasteiger charge is 1.89. The van der Waals surface area contributed by atoms with E-state index in [0.717, 1.165) is 6.16 Å². The fourth-order valence-electron chi connectivity index (χ4n) is 0. The van der Waals surface area contributed by atoms with E-state index in [2.05, 4.69) is 12.2 Å². The van der Waals surface area contributed by atoms with Crippen LogP contribution in [0.1, 0.15) is 6.92 Å². The fourth-order valence-corrected chi connectivity index (χ4v) is 0. The number of thiol groups is 1. The van der Waals surface area contributed by atoms with Crippen molar-refractivity contribution >= 4 is 30.0 Å². The van der Waals surface area contributed by atoms with Crippen LogP contribution in [0.4, 0.5) is 0 Å². The summed E-state index contributed by atoms with van der Waals surface area (Å²) in [5.74, 6) is -0.320. The Bertz CT molecular complexity index is 42.9. The molecule has 0 radical (unpaired) electrons. The number of rotatable bonds is 1. The average Bonchev–Trinajstić information content (AvgIpc) is 1.38. The lowest BCUT2D eigenvalue weighted by atomic mass is 11.0. The Morgan fingerprint density at radius 3 is 2.20 bits per heavy atom. The van der Waals surface area contributed by atoms with Gasteiger partial charge in [-0.1, -0.05) is 0 Å². The van der Waals surface area contributed by atoms with Crippen molar-refractivity contribution in [1.29, 1.82) is 0 Å². The first-order chi connectivity index (χ1) is 2.27. The van der Waals surface area contributed by atoms with Crippen molar-refractivity contribution in [2.75, 3.05) is 6.16 Å². The third-order valence-corrected chi connectivity index (χ3v) is 2.43. The van der Waals surface area contributed by atoms with Crippen LogP contribution in [-0.4, -0.2) is 6.16 Å². The maximum absolute atomic E-state index is 4.71. The van der Waals surface area contributed by atoms with Crippen LogP contribution in [0.2, 0.25) is 0 Å². The topological polar surface area (TPSA) is 0 Å². The van der Waals surface area contributed by atoms with Gasteiger partial charge in [-0.25, -0.2) is 0 Å². The molecule has 30 valence electrons. The summed E-state index contributed by atoms with van der Waals surface area (Å²) in [4.78, 5) is 0. The van der Waals surface area contributed by atoms with Crippen LogP contribution in [0.25, 0.3) is 0 Å². The van der Waals surface area contributed by atoms with Gasteiger partial charge in [0.05, 0.1) is 12.2 Å². The minimum Gasteiger partial charge on any atom is -0.0221 e. The van der Waals surface area contributed by atoms with Crippen LogP contribution in [0.5, 0.6) is 0 Å². The summed E-state index contributed by atoms with van der Waals surface area (Å²) < 4.78 is 0. The molecule has 1 atom stereocenters. The van der Waals surface area contributed by atoms with Gasteiger partial charge in [-0.05, 0) is 6.92 Å². The van der Waals surface area contributed by atoms with Crippen molar-refractivity contribution in [1.82, 2.24) is 0 Å². The van der Waals surface area contributed by atoms with Crippen molar-refractivity contribution in [3.05, 3.63) is 0 Å². The van der Waals surface area contributed by atoms with Crippen molar-refractivity contribution in [3.8, 4) is 0 Å². The second-order valence-electron chi connectivity index (χ2n) is 0.668. The van der Waals surface area contributed by atoms with Crippen molar-refractivity contribution in [2.24, 2.45) is 0 Å². The molecule has 0 fully saturated rings. The van der Waals surface area contributed by atoms with E-state index in [1.807, 2.05) is 6.92 Å². The summed E-state index contributed by atoms with van der Waals surface area (Å²) in [5, 5.41) is 0. The van der Waals surface area contributed by atoms with Crippen molar-refractivity contribution < 1.29 is 0 Å². The predicted octanol–water partition coefficient (Wildman–Crippen LogP) is 1.79.